The first kappa shape index (κ1) is 17.4. The van der Waals surface area contributed by atoms with Crippen molar-refractivity contribution in [1.82, 2.24) is 0 Å². The van der Waals surface area contributed by atoms with Gasteiger partial charge >= 0.3 is 11.9 Å². The summed E-state index contributed by atoms with van der Waals surface area (Å²) in [6.45, 7) is 2.72. The molecular weight excluding hydrogens is 328 g/mol. The monoisotopic (exact) mass is 346 g/mol. The number of carbonyl (C=O) groups is 2. The van der Waals surface area contributed by atoms with Crippen LogP contribution in [0.4, 0.5) is 0 Å². The number of hydrogen-bond acceptors (Lipinski definition) is 4. The van der Waals surface area contributed by atoms with Gasteiger partial charge in [-0.3, -0.25) is 9.59 Å². The normalized spacial score (nSPS) is 10.2. The van der Waals surface area contributed by atoms with Crippen LogP contribution in [0.2, 0.25) is 0 Å². The van der Waals surface area contributed by atoms with Gasteiger partial charge in [-0.05, 0) is 23.3 Å². The highest BCUT2D eigenvalue weighted by Crippen LogP contribution is 2.41. The van der Waals surface area contributed by atoms with Gasteiger partial charge in [-0.25, -0.2) is 0 Å². The van der Waals surface area contributed by atoms with E-state index >= 15 is 0 Å². The third-order valence-corrected chi connectivity index (χ3v) is 3.76. The molecule has 0 radical (unpaired) electrons. The summed E-state index contributed by atoms with van der Waals surface area (Å²) >= 11 is 0. The molecule has 0 amide bonds. The molecule has 0 bridgehead atoms. The Labute approximate surface area is 152 Å². The summed E-state index contributed by atoms with van der Waals surface area (Å²) in [6, 6.07) is 22.5. The zero-order valence-electron chi connectivity index (χ0n) is 14.6. The molecule has 3 rings (SSSR count). The predicted molar refractivity (Wildman–Crippen MR) is 99.9 cm³/mol. The van der Waals surface area contributed by atoms with Gasteiger partial charge in [-0.2, -0.15) is 0 Å². The van der Waals surface area contributed by atoms with Gasteiger partial charge in [0.2, 0.25) is 0 Å². The summed E-state index contributed by atoms with van der Waals surface area (Å²) < 4.78 is 10.9. The van der Waals surface area contributed by atoms with Crippen molar-refractivity contribution < 1.29 is 19.1 Å². The minimum atomic E-state index is -0.415. The second-order valence-electron chi connectivity index (χ2n) is 5.76. The number of rotatable bonds is 4. The van der Waals surface area contributed by atoms with Crippen LogP contribution in [0.5, 0.6) is 11.5 Å². The maximum absolute atomic E-state index is 11.6. The molecule has 3 aromatic carbocycles. The average Bonchev–Trinajstić information content (AvgIpc) is 2.63. The van der Waals surface area contributed by atoms with E-state index in [1.165, 1.54) is 13.8 Å². The fourth-order valence-electron chi connectivity index (χ4n) is 2.73. The van der Waals surface area contributed by atoms with Crippen LogP contribution >= 0.6 is 0 Å². The number of benzene rings is 3. The summed E-state index contributed by atoms with van der Waals surface area (Å²) in [7, 11) is 0. The van der Waals surface area contributed by atoms with Crippen molar-refractivity contribution in [2.75, 3.05) is 0 Å². The number of esters is 2. The topological polar surface area (TPSA) is 52.6 Å². The third-order valence-electron chi connectivity index (χ3n) is 3.76. The van der Waals surface area contributed by atoms with E-state index < -0.39 is 11.9 Å². The Morgan fingerprint density at radius 2 is 0.962 bits per heavy atom. The minimum absolute atomic E-state index is 0.415. The molecule has 26 heavy (non-hydrogen) atoms. The van der Waals surface area contributed by atoms with Gasteiger partial charge in [-0.15, -0.1) is 0 Å². The maximum atomic E-state index is 11.6. The molecule has 4 heteroatoms. The molecule has 130 valence electrons. The Kier molecular flexibility index (Phi) is 5.13. The lowest BCUT2D eigenvalue weighted by atomic mass is 9.98. The van der Waals surface area contributed by atoms with Gasteiger partial charge in [0.1, 0.15) is 11.5 Å². The van der Waals surface area contributed by atoms with Gasteiger partial charge in [0, 0.05) is 25.0 Å². The molecule has 0 spiro atoms. The molecule has 0 fully saturated rings. The van der Waals surface area contributed by atoms with Gasteiger partial charge in [0.05, 0.1) is 0 Å². The fraction of sp³-hybridized carbons (Fsp3) is 0.0909. The Morgan fingerprint density at radius 1 is 0.615 bits per heavy atom. The van der Waals surface area contributed by atoms with Crippen molar-refractivity contribution in [3.63, 3.8) is 0 Å². The molecule has 0 heterocycles. The van der Waals surface area contributed by atoms with Crippen LogP contribution in [0.25, 0.3) is 22.3 Å². The minimum Gasteiger partial charge on any atom is -0.426 e. The zero-order chi connectivity index (χ0) is 18.5. The van der Waals surface area contributed by atoms with Crippen LogP contribution in [-0.4, -0.2) is 11.9 Å². The molecule has 0 aromatic heterocycles. The van der Waals surface area contributed by atoms with Gasteiger partial charge in [0.15, 0.2) is 0 Å². The van der Waals surface area contributed by atoms with E-state index in [2.05, 4.69) is 0 Å². The largest absolute Gasteiger partial charge is 0.426 e. The highest BCUT2D eigenvalue weighted by Gasteiger charge is 2.17. The summed E-state index contributed by atoms with van der Waals surface area (Å²) in [5.41, 5.74) is 3.07. The van der Waals surface area contributed by atoms with E-state index in [-0.39, 0.29) is 0 Å². The van der Waals surface area contributed by atoms with Crippen LogP contribution in [0.1, 0.15) is 13.8 Å². The van der Waals surface area contributed by atoms with Crippen molar-refractivity contribution >= 4 is 11.9 Å². The lowest BCUT2D eigenvalue weighted by Crippen LogP contribution is -2.06. The van der Waals surface area contributed by atoms with E-state index in [0.717, 1.165) is 11.1 Å². The third kappa shape index (κ3) is 3.98. The van der Waals surface area contributed by atoms with Crippen molar-refractivity contribution in [2.45, 2.75) is 13.8 Å². The molecule has 0 unspecified atom stereocenters. The first-order chi connectivity index (χ1) is 12.5. The lowest BCUT2D eigenvalue weighted by molar-refractivity contribution is -0.133. The van der Waals surface area contributed by atoms with E-state index in [1.54, 1.807) is 12.1 Å². The zero-order valence-corrected chi connectivity index (χ0v) is 14.6. The summed E-state index contributed by atoms with van der Waals surface area (Å²) in [5, 5.41) is 0. The van der Waals surface area contributed by atoms with Gasteiger partial charge in [-0.1, -0.05) is 60.7 Å². The van der Waals surface area contributed by atoms with Crippen molar-refractivity contribution in [3.05, 3.63) is 72.8 Å². The van der Waals surface area contributed by atoms with Crippen molar-refractivity contribution in [2.24, 2.45) is 0 Å². The second-order valence-corrected chi connectivity index (χ2v) is 5.76. The Bertz CT molecular complexity index is 852. The molecule has 0 aliphatic heterocycles. The highest BCUT2D eigenvalue weighted by molar-refractivity contribution is 5.85. The maximum Gasteiger partial charge on any atom is 0.308 e. The van der Waals surface area contributed by atoms with E-state index in [0.29, 0.717) is 22.6 Å². The molecule has 0 N–H and O–H groups in total. The molecule has 0 aliphatic carbocycles. The standard InChI is InChI=1S/C22H18O4/c1-15(23)25-21-13-20(18-11-7-4-8-12-18)22(26-16(2)24)14-19(21)17-9-5-3-6-10-17/h3-14H,1-2H3. The average molecular weight is 346 g/mol. The fourth-order valence-corrected chi connectivity index (χ4v) is 2.73. The lowest BCUT2D eigenvalue weighted by Gasteiger charge is -2.16. The summed E-state index contributed by atoms with van der Waals surface area (Å²) in [6.07, 6.45) is 0. The molecule has 3 aromatic rings. The molecule has 0 saturated heterocycles. The van der Waals surface area contributed by atoms with Crippen molar-refractivity contribution in [3.8, 4) is 33.8 Å². The van der Waals surface area contributed by atoms with Crippen LogP contribution in [0.15, 0.2) is 72.8 Å². The Hall–Kier alpha value is -3.40. The molecular formula is C22H18O4. The highest BCUT2D eigenvalue weighted by atomic mass is 16.5. The van der Waals surface area contributed by atoms with Gasteiger partial charge in [0.25, 0.3) is 0 Å². The number of hydrogen-bond donors (Lipinski definition) is 0. The number of ether oxygens (including phenoxy) is 2. The van der Waals surface area contributed by atoms with Gasteiger partial charge < -0.3 is 9.47 Å². The molecule has 4 nitrogen and oxygen atoms in total. The smallest absolute Gasteiger partial charge is 0.308 e. The SMILES string of the molecule is CC(=O)Oc1cc(-c2ccccc2)c(OC(C)=O)cc1-c1ccccc1. The predicted octanol–water partition coefficient (Wildman–Crippen LogP) is 4.87. The first-order valence-corrected chi connectivity index (χ1v) is 8.20. The van der Waals surface area contributed by atoms with Crippen LogP contribution in [0.3, 0.4) is 0 Å². The quantitative estimate of drug-likeness (QED) is 0.499. The summed E-state index contributed by atoms with van der Waals surface area (Å²) in [5.74, 6) is -0.000214. The number of carbonyl (C=O) groups excluding carboxylic acids is 2. The van der Waals surface area contributed by atoms with E-state index in [1.807, 2.05) is 60.7 Å². The summed E-state index contributed by atoms with van der Waals surface area (Å²) in [4.78, 5) is 23.2. The Balaban J connectivity index is 2.24. The second kappa shape index (κ2) is 7.66. The van der Waals surface area contributed by atoms with Crippen molar-refractivity contribution in [1.29, 1.82) is 0 Å². The molecule has 0 atom stereocenters. The molecule has 0 saturated carbocycles. The van der Waals surface area contributed by atoms with E-state index in [4.69, 9.17) is 9.47 Å². The van der Waals surface area contributed by atoms with E-state index in [9.17, 15) is 9.59 Å². The van der Waals surface area contributed by atoms with Crippen LogP contribution in [-0.2, 0) is 9.59 Å². The van der Waals surface area contributed by atoms with Crippen LogP contribution in [0, 0.1) is 0 Å². The van der Waals surface area contributed by atoms with Crippen LogP contribution < -0.4 is 9.47 Å². The molecule has 0 aliphatic rings. The first-order valence-electron chi connectivity index (χ1n) is 8.20. The Morgan fingerprint density at radius 3 is 1.27 bits per heavy atom.